The Morgan fingerprint density at radius 2 is 1.82 bits per heavy atom. The van der Waals surface area contributed by atoms with Gasteiger partial charge >= 0.3 is 0 Å². The van der Waals surface area contributed by atoms with Gasteiger partial charge in [0.15, 0.2) is 5.82 Å². The molecule has 0 aromatic carbocycles. The van der Waals surface area contributed by atoms with Gasteiger partial charge in [-0.05, 0) is 31.0 Å². The van der Waals surface area contributed by atoms with Gasteiger partial charge in [-0.25, -0.2) is 15.0 Å². The topological polar surface area (TPSA) is 84.9 Å². The maximum absolute atomic E-state index is 10.2. The molecule has 3 N–H and O–H groups in total. The van der Waals surface area contributed by atoms with Crippen LogP contribution in [0.4, 0.5) is 5.82 Å². The van der Waals surface area contributed by atoms with E-state index in [1.54, 1.807) is 24.7 Å². The first-order valence-corrected chi connectivity index (χ1v) is 5.27. The first-order valence-electron chi connectivity index (χ1n) is 5.27. The number of anilines is 1. The average molecular weight is 230 g/mol. The van der Waals surface area contributed by atoms with Crippen molar-refractivity contribution in [2.24, 2.45) is 0 Å². The highest BCUT2D eigenvalue weighted by Crippen LogP contribution is 2.25. The molecule has 2 aromatic rings. The maximum Gasteiger partial charge on any atom is 0.161 e. The van der Waals surface area contributed by atoms with Crippen LogP contribution in [0.3, 0.4) is 0 Å². The van der Waals surface area contributed by atoms with Crippen LogP contribution in [0.25, 0.3) is 0 Å². The van der Waals surface area contributed by atoms with Crippen molar-refractivity contribution in [1.82, 2.24) is 15.0 Å². The van der Waals surface area contributed by atoms with E-state index in [2.05, 4.69) is 15.0 Å². The fourth-order valence-corrected chi connectivity index (χ4v) is 1.62. The highest BCUT2D eigenvalue weighted by Gasteiger charge is 2.18. The maximum atomic E-state index is 10.2. The molecule has 0 radical (unpaired) electrons. The third kappa shape index (κ3) is 2.24. The van der Waals surface area contributed by atoms with Crippen LogP contribution in [0.5, 0.6) is 0 Å². The predicted octanol–water partition coefficient (Wildman–Crippen LogP) is 1.15. The van der Waals surface area contributed by atoms with Gasteiger partial charge in [0.05, 0.1) is 0 Å². The number of rotatable bonds is 2. The zero-order valence-corrected chi connectivity index (χ0v) is 9.75. The molecular formula is C12H14N4O. The van der Waals surface area contributed by atoms with Crippen molar-refractivity contribution in [2.45, 2.75) is 20.0 Å². The Hall–Kier alpha value is -2.01. The first kappa shape index (κ1) is 11.5. The van der Waals surface area contributed by atoms with Gasteiger partial charge in [0.1, 0.15) is 11.9 Å². The molecule has 2 aromatic heterocycles. The van der Waals surface area contributed by atoms with E-state index < -0.39 is 6.10 Å². The van der Waals surface area contributed by atoms with E-state index in [-0.39, 0.29) is 0 Å². The number of nitrogens with zero attached hydrogens (tertiary/aromatic N) is 3. The molecule has 0 aliphatic rings. The zero-order chi connectivity index (χ0) is 12.4. The van der Waals surface area contributed by atoms with E-state index in [1.807, 2.05) is 13.8 Å². The Balaban J connectivity index is 2.43. The number of nitrogen functional groups attached to an aromatic ring is 1. The Kier molecular flexibility index (Phi) is 3.01. The SMILES string of the molecule is Cc1cnc(C(O)c2c(C)ccnc2N)nc1. The summed E-state index contributed by atoms with van der Waals surface area (Å²) in [5.41, 5.74) is 8.14. The largest absolute Gasteiger partial charge is 0.383 e. The smallest absolute Gasteiger partial charge is 0.161 e. The summed E-state index contributed by atoms with van der Waals surface area (Å²) in [4.78, 5) is 12.2. The molecule has 5 heteroatoms. The first-order chi connectivity index (χ1) is 8.09. The highest BCUT2D eigenvalue weighted by atomic mass is 16.3. The van der Waals surface area contributed by atoms with Crippen LogP contribution >= 0.6 is 0 Å². The van der Waals surface area contributed by atoms with Gasteiger partial charge in [0.25, 0.3) is 0 Å². The van der Waals surface area contributed by atoms with E-state index in [4.69, 9.17) is 5.73 Å². The number of aliphatic hydroxyl groups excluding tert-OH is 1. The van der Waals surface area contributed by atoms with Crippen LogP contribution in [0.2, 0.25) is 0 Å². The molecule has 0 spiro atoms. The quantitative estimate of drug-likeness (QED) is 0.808. The molecule has 2 rings (SSSR count). The van der Waals surface area contributed by atoms with Crippen molar-refractivity contribution in [2.75, 3.05) is 5.73 Å². The second kappa shape index (κ2) is 4.47. The summed E-state index contributed by atoms with van der Waals surface area (Å²) in [6.45, 7) is 3.75. The van der Waals surface area contributed by atoms with E-state index in [0.29, 0.717) is 17.2 Å². The van der Waals surface area contributed by atoms with Crippen LogP contribution in [0, 0.1) is 13.8 Å². The summed E-state index contributed by atoms with van der Waals surface area (Å²) in [6, 6.07) is 1.79. The number of hydrogen-bond donors (Lipinski definition) is 2. The van der Waals surface area contributed by atoms with Crippen LogP contribution in [0.15, 0.2) is 24.7 Å². The van der Waals surface area contributed by atoms with Crippen molar-refractivity contribution in [3.8, 4) is 0 Å². The predicted molar refractivity (Wildman–Crippen MR) is 64.2 cm³/mol. The summed E-state index contributed by atoms with van der Waals surface area (Å²) in [5.74, 6) is 0.639. The lowest BCUT2D eigenvalue weighted by molar-refractivity contribution is 0.209. The second-order valence-electron chi connectivity index (χ2n) is 3.95. The number of aliphatic hydroxyl groups is 1. The Morgan fingerprint density at radius 1 is 1.18 bits per heavy atom. The van der Waals surface area contributed by atoms with Gasteiger partial charge < -0.3 is 10.8 Å². The van der Waals surface area contributed by atoms with Crippen LogP contribution < -0.4 is 5.73 Å². The third-order valence-electron chi connectivity index (χ3n) is 2.56. The minimum Gasteiger partial charge on any atom is -0.383 e. The monoisotopic (exact) mass is 230 g/mol. The van der Waals surface area contributed by atoms with Crippen LogP contribution in [-0.4, -0.2) is 20.1 Å². The van der Waals surface area contributed by atoms with Crippen molar-refractivity contribution in [1.29, 1.82) is 0 Å². The van der Waals surface area contributed by atoms with Crippen molar-refractivity contribution in [3.63, 3.8) is 0 Å². The summed E-state index contributed by atoms with van der Waals surface area (Å²) < 4.78 is 0. The Labute approximate surface area is 99.4 Å². The van der Waals surface area contributed by atoms with E-state index in [9.17, 15) is 5.11 Å². The molecule has 2 heterocycles. The molecule has 0 bridgehead atoms. The Morgan fingerprint density at radius 3 is 2.41 bits per heavy atom. The standard InChI is InChI=1S/C12H14N4O/c1-7-5-15-12(16-6-7)10(17)9-8(2)3-4-14-11(9)13/h3-6,10,17H,1-2H3,(H2,13,14). The van der Waals surface area contributed by atoms with Crippen molar-refractivity contribution >= 4 is 5.82 Å². The van der Waals surface area contributed by atoms with E-state index >= 15 is 0 Å². The molecule has 1 unspecified atom stereocenters. The number of pyridine rings is 1. The highest BCUT2D eigenvalue weighted by molar-refractivity contribution is 5.47. The number of hydrogen-bond acceptors (Lipinski definition) is 5. The lowest BCUT2D eigenvalue weighted by atomic mass is 10.0. The number of aromatic nitrogens is 3. The van der Waals surface area contributed by atoms with Crippen LogP contribution in [-0.2, 0) is 0 Å². The minimum absolute atomic E-state index is 0.307. The van der Waals surface area contributed by atoms with Gasteiger partial charge in [-0.1, -0.05) is 0 Å². The summed E-state index contributed by atoms with van der Waals surface area (Å²) in [6.07, 6.45) is 3.99. The number of aryl methyl sites for hydroxylation is 2. The average Bonchev–Trinajstić information content (AvgIpc) is 2.29. The fourth-order valence-electron chi connectivity index (χ4n) is 1.62. The molecule has 0 fully saturated rings. The lowest BCUT2D eigenvalue weighted by Crippen LogP contribution is -2.10. The summed E-state index contributed by atoms with van der Waals surface area (Å²) in [5, 5.41) is 10.2. The number of nitrogens with two attached hydrogens (primary N) is 1. The molecule has 0 aliphatic carbocycles. The fraction of sp³-hybridized carbons (Fsp3) is 0.250. The van der Waals surface area contributed by atoms with E-state index in [0.717, 1.165) is 11.1 Å². The van der Waals surface area contributed by atoms with Gasteiger partial charge in [0.2, 0.25) is 0 Å². The van der Waals surface area contributed by atoms with Crippen molar-refractivity contribution < 1.29 is 5.11 Å². The molecule has 1 atom stereocenters. The van der Waals surface area contributed by atoms with Crippen LogP contribution in [0.1, 0.15) is 28.6 Å². The van der Waals surface area contributed by atoms with Gasteiger partial charge in [0, 0.05) is 24.2 Å². The van der Waals surface area contributed by atoms with Gasteiger partial charge in [-0.3, -0.25) is 0 Å². The molecule has 5 nitrogen and oxygen atoms in total. The van der Waals surface area contributed by atoms with Crippen molar-refractivity contribution in [3.05, 3.63) is 47.2 Å². The normalized spacial score (nSPS) is 12.4. The summed E-state index contributed by atoms with van der Waals surface area (Å²) >= 11 is 0. The zero-order valence-electron chi connectivity index (χ0n) is 9.75. The molecule has 0 saturated heterocycles. The molecular weight excluding hydrogens is 216 g/mol. The molecule has 0 aliphatic heterocycles. The molecule has 0 amide bonds. The van der Waals surface area contributed by atoms with Gasteiger partial charge in [-0.15, -0.1) is 0 Å². The third-order valence-corrected chi connectivity index (χ3v) is 2.56. The molecule has 17 heavy (non-hydrogen) atoms. The molecule has 0 saturated carbocycles. The van der Waals surface area contributed by atoms with Gasteiger partial charge in [-0.2, -0.15) is 0 Å². The Bertz CT molecular complexity index is 504. The summed E-state index contributed by atoms with van der Waals surface area (Å²) in [7, 11) is 0. The van der Waals surface area contributed by atoms with E-state index in [1.165, 1.54) is 0 Å². The molecule has 88 valence electrons. The second-order valence-corrected chi connectivity index (χ2v) is 3.95. The minimum atomic E-state index is -0.940. The lowest BCUT2D eigenvalue weighted by Gasteiger charge is -2.13.